The van der Waals surface area contributed by atoms with E-state index in [-0.39, 0.29) is 0 Å². The summed E-state index contributed by atoms with van der Waals surface area (Å²) >= 11 is 5.22. The molecule has 1 nitrogen and oxygen atoms in total. The van der Waals surface area contributed by atoms with Gasteiger partial charge < -0.3 is 4.74 Å². The van der Waals surface area contributed by atoms with Gasteiger partial charge in [0.05, 0.1) is 10.4 Å². The van der Waals surface area contributed by atoms with Crippen LogP contribution in [0.5, 0.6) is 0 Å². The molecule has 2 rings (SSSR count). The monoisotopic (exact) mass is 218 g/mol. The van der Waals surface area contributed by atoms with E-state index in [4.69, 9.17) is 4.74 Å². The molecule has 0 saturated carbocycles. The Labute approximate surface area is 72.1 Å². The number of halogens is 1. The molecular weight excluding hydrogens is 212 g/mol. The summed E-state index contributed by atoms with van der Waals surface area (Å²) in [6.45, 7) is 3.04. The van der Waals surface area contributed by atoms with Gasteiger partial charge in [0, 0.05) is 4.88 Å². The summed E-state index contributed by atoms with van der Waals surface area (Å²) < 4.78 is 6.38. The minimum Gasteiger partial charge on any atom is -0.368 e. The standard InChI is InChI=1S/C7H7BrOS/c1-4-5(6-3-9-6)2-7(8)10-4/h2,6H,3H2,1H3/t6-/m1/s1. The summed E-state index contributed by atoms with van der Waals surface area (Å²) in [6.07, 6.45) is 0.405. The summed E-state index contributed by atoms with van der Waals surface area (Å²) in [5.74, 6) is 0. The van der Waals surface area contributed by atoms with E-state index in [0.29, 0.717) is 6.10 Å². The maximum absolute atomic E-state index is 5.17. The fourth-order valence-electron chi connectivity index (χ4n) is 1.01. The number of rotatable bonds is 1. The molecule has 1 aromatic rings. The molecule has 0 aliphatic carbocycles. The summed E-state index contributed by atoms with van der Waals surface area (Å²) in [6, 6.07) is 2.15. The Bertz CT molecular complexity index is 252. The maximum atomic E-state index is 5.17. The van der Waals surface area contributed by atoms with Gasteiger partial charge in [0.1, 0.15) is 6.10 Å². The molecule has 54 valence electrons. The molecule has 0 bridgehead atoms. The second kappa shape index (κ2) is 2.32. The molecule has 1 atom stereocenters. The van der Waals surface area contributed by atoms with Crippen molar-refractivity contribution in [3.8, 4) is 0 Å². The van der Waals surface area contributed by atoms with Gasteiger partial charge in [-0.05, 0) is 34.5 Å². The molecule has 2 heterocycles. The van der Waals surface area contributed by atoms with Crippen LogP contribution in [-0.4, -0.2) is 6.61 Å². The van der Waals surface area contributed by atoms with Crippen LogP contribution in [0.4, 0.5) is 0 Å². The second-order valence-electron chi connectivity index (χ2n) is 2.38. The first kappa shape index (κ1) is 6.83. The number of thiophene rings is 1. The fourth-order valence-corrected chi connectivity index (χ4v) is 2.77. The third-order valence-corrected chi connectivity index (χ3v) is 3.18. The van der Waals surface area contributed by atoms with Crippen LogP contribution in [0.15, 0.2) is 9.85 Å². The smallest absolute Gasteiger partial charge is 0.107 e. The highest BCUT2D eigenvalue weighted by molar-refractivity contribution is 9.11. The molecule has 0 spiro atoms. The van der Waals surface area contributed by atoms with Crippen LogP contribution in [0.2, 0.25) is 0 Å². The Morgan fingerprint density at radius 3 is 2.90 bits per heavy atom. The minimum atomic E-state index is 0.405. The van der Waals surface area contributed by atoms with Gasteiger partial charge in [0.15, 0.2) is 0 Å². The molecule has 3 heteroatoms. The highest BCUT2D eigenvalue weighted by Gasteiger charge is 2.27. The van der Waals surface area contributed by atoms with E-state index in [9.17, 15) is 0 Å². The van der Waals surface area contributed by atoms with Crippen molar-refractivity contribution >= 4 is 27.3 Å². The summed E-state index contributed by atoms with van der Waals surface area (Å²) in [7, 11) is 0. The Kier molecular flexibility index (Phi) is 1.59. The van der Waals surface area contributed by atoms with Gasteiger partial charge in [-0.15, -0.1) is 11.3 Å². The molecular formula is C7H7BrOS. The van der Waals surface area contributed by atoms with E-state index >= 15 is 0 Å². The highest BCUT2D eigenvalue weighted by Crippen LogP contribution is 2.38. The molecule has 1 aliphatic heterocycles. The fraction of sp³-hybridized carbons (Fsp3) is 0.429. The predicted molar refractivity (Wildman–Crippen MR) is 45.4 cm³/mol. The van der Waals surface area contributed by atoms with Crippen LogP contribution in [0, 0.1) is 6.92 Å². The van der Waals surface area contributed by atoms with E-state index in [1.54, 1.807) is 11.3 Å². The van der Waals surface area contributed by atoms with Gasteiger partial charge in [0.25, 0.3) is 0 Å². The number of hydrogen-bond acceptors (Lipinski definition) is 2. The van der Waals surface area contributed by atoms with Crippen LogP contribution >= 0.6 is 27.3 Å². The average molecular weight is 219 g/mol. The Morgan fingerprint density at radius 2 is 2.50 bits per heavy atom. The molecule has 0 unspecified atom stereocenters. The van der Waals surface area contributed by atoms with Crippen LogP contribution in [0.25, 0.3) is 0 Å². The Balaban J connectivity index is 2.38. The molecule has 0 radical (unpaired) electrons. The Morgan fingerprint density at radius 1 is 1.80 bits per heavy atom. The lowest BCUT2D eigenvalue weighted by Gasteiger charge is -1.87. The number of aryl methyl sites for hydroxylation is 1. The molecule has 1 saturated heterocycles. The van der Waals surface area contributed by atoms with Crippen molar-refractivity contribution in [2.75, 3.05) is 6.61 Å². The van der Waals surface area contributed by atoms with Gasteiger partial charge in [0.2, 0.25) is 0 Å². The maximum Gasteiger partial charge on any atom is 0.107 e. The third-order valence-electron chi connectivity index (χ3n) is 1.61. The first-order valence-corrected chi connectivity index (χ1v) is 4.76. The van der Waals surface area contributed by atoms with Crippen LogP contribution < -0.4 is 0 Å². The van der Waals surface area contributed by atoms with Crippen molar-refractivity contribution in [3.63, 3.8) is 0 Å². The minimum absolute atomic E-state index is 0.405. The van der Waals surface area contributed by atoms with Crippen molar-refractivity contribution in [2.45, 2.75) is 13.0 Å². The molecule has 0 amide bonds. The third kappa shape index (κ3) is 1.13. The number of ether oxygens (including phenoxy) is 1. The summed E-state index contributed by atoms with van der Waals surface area (Å²) in [5, 5.41) is 0. The van der Waals surface area contributed by atoms with Gasteiger partial charge in [-0.2, -0.15) is 0 Å². The lowest BCUT2D eigenvalue weighted by atomic mass is 10.2. The quantitative estimate of drug-likeness (QED) is 0.661. The number of hydrogen-bond donors (Lipinski definition) is 0. The first-order valence-electron chi connectivity index (χ1n) is 3.15. The average Bonchev–Trinajstić information content (AvgIpc) is 2.61. The van der Waals surface area contributed by atoms with Crippen molar-refractivity contribution in [3.05, 3.63) is 20.3 Å². The van der Waals surface area contributed by atoms with Crippen molar-refractivity contribution in [2.24, 2.45) is 0 Å². The largest absolute Gasteiger partial charge is 0.368 e. The van der Waals surface area contributed by atoms with Crippen molar-refractivity contribution < 1.29 is 4.74 Å². The van der Waals surface area contributed by atoms with Crippen molar-refractivity contribution in [1.82, 2.24) is 0 Å². The molecule has 10 heavy (non-hydrogen) atoms. The predicted octanol–water partition coefficient (Wildman–Crippen LogP) is 2.89. The van der Waals surface area contributed by atoms with E-state index in [1.165, 1.54) is 14.2 Å². The topological polar surface area (TPSA) is 12.5 Å². The second-order valence-corrected chi connectivity index (χ2v) is 5.02. The van der Waals surface area contributed by atoms with E-state index < -0.39 is 0 Å². The van der Waals surface area contributed by atoms with E-state index in [1.807, 2.05) is 0 Å². The SMILES string of the molecule is Cc1sc(Br)cc1[C@H]1CO1. The summed E-state index contributed by atoms with van der Waals surface area (Å²) in [5.41, 5.74) is 1.36. The van der Waals surface area contributed by atoms with Crippen molar-refractivity contribution in [1.29, 1.82) is 0 Å². The number of epoxide rings is 1. The zero-order valence-electron chi connectivity index (χ0n) is 5.56. The molecule has 1 aliphatic rings. The zero-order valence-corrected chi connectivity index (χ0v) is 7.96. The zero-order chi connectivity index (χ0) is 7.14. The normalized spacial score (nSPS) is 23.2. The van der Waals surface area contributed by atoms with Crippen LogP contribution in [-0.2, 0) is 4.74 Å². The first-order chi connectivity index (χ1) is 4.77. The summed E-state index contributed by atoms with van der Waals surface area (Å²) in [4.78, 5) is 1.37. The van der Waals surface area contributed by atoms with Gasteiger partial charge in [-0.1, -0.05) is 0 Å². The van der Waals surface area contributed by atoms with Gasteiger partial charge >= 0.3 is 0 Å². The molecule has 0 aromatic carbocycles. The molecule has 1 fully saturated rings. The van der Waals surface area contributed by atoms with Gasteiger partial charge in [-0.3, -0.25) is 0 Å². The van der Waals surface area contributed by atoms with Crippen LogP contribution in [0.1, 0.15) is 16.5 Å². The lowest BCUT2D eigenvalue weighted by Crippen LogP contribution is -1.76. The van der Waals surface area contributed by atoms with Crippen LogP contribution in [0.3, 0.4) is 0 Å². The highest BCUT2D eigenvalue weighted by atomic mass is 79.9. The molecule has 0 N–H and O–H groups in total. The lowest BCUT2D eigenvalue weighted by molar-refractivity contribution is 0.415. The molecule has 1 aromatic heterocycles. The van der Waals surface area contributed by atoms with E-state index in [2.05, 4.69) is 28.9 Å². The Hall–Kier alpha value is 0.140. The van der Waals surface area contributed by atoms with E-state index in [0.717, 1.165) is 6.61 Å². The van der Waals surface area contributed by atoms with Gasteiger partial charge in [-0.25, -0.2) is 0 Å².